The normalized spacial score (nSPS) is 41.4. The van der Waals surface area contributed by atoms with E-state index >= 15 is 0 Å². The summed E-state index contributed by atoms with van der Waals surface area (Å²) in [6, 6.07) is 2.41. The zero-order chi connectivity index (χ0) is 7.84. The summed E-state index contributed by atoms with van der Waals surface area (Å²) in [7, 11) is 0. The fraction of sp³-hybridized carbons (Fsp3) is 0.750. The number of fused-ring (bicyclic) bond motifs is 1. The molecule has 1 amide bonds. The van der Waals surface area contributed by atoms with Crippen LogP contribution < -0.4 is 5.32 Å². The third-order valence-electron chi connectivity index (χ3n) is 2.73. The van der Waals surface area contributed by atoms with E-state index in [9.17, 15) is 4.79 Å². The molecule has 2 aliphatic rings. The van der Waals surface area contributed by atoms with Crippen molar-refractivity contribution >= 4 is 5.91 Å². The molecule has 1 N–H and O–H groups in total. The van der Waals surface area contributed by atoms with Gasteiger partial charge in [0.1, 0.15) is 0 Å². The lowest BCUT2D eigenvalue weighted by Gasteiger charge is -2.10. The van der Waals surface area contributed by atoms with Crippen molar-refractivity contribution in [2.24, 2.45) is 11.8 Å². The number of hydrogen-bond donors (Lipinski definition) is 1. The van der Waals surface area contributed by atoms with Gasteiger partial charge in [-0.15, -0.1) is 0 Å². The summed E-state index contributed by atoms with van der Waals surface area (Å²) in [5.74, 6) is 0.651. The Morgan fingerprint density at radius 1 is 1.55 bits per heavy atom. The van der Waals surface area contributed by atoms with Crippen LogP contribution in [-0.2, 0) is 4.79 Å². The van der Waals surface area contributed by atoms with Gasteiger partial charge in [0.2, 0.25) is 5.91 Å². The molecule has 1 saturated carbocycles. The summed E-state index contributed by atoms with van der Waals surface area (Å²) in [4.78, 5) is 10.9. The van der Waals surface area contributed by atoms with Crippen molar-refractivity contribution in [1.29, 1.82) is 5.26 Å². The summed E-state index contributed by atoms with van der Waals surface area (Å²) < 4.78 is 0. The van der Waals surface area contributed by atoms with Gasteiger partial charge in [-0.25, -0.2) is 0 Å². The smallest absolute Gasteiger partial charge is 0.220 e. The molecule has 0 radical (unpaired) electrons. The monoisotopic (exact) mass is 150 g/mol. The number of carbonyl (C=O) groups is 1. The van der Waals surface area contributed by atoms with Crippen molar-refractivity contribution in [2.45, 2.75) is 25.3 Å². The predicted octanol–water partition coefficient (Wildman–Crippen LogP) is 0.425. The van der Waals surface area contributed by atoms with Gasteiger partial charge in [-0.3, -0.25) is 4.79 Å². The molecular weight excluding hydrogens is 140 g/mol. The van der Waals surface area contributed by atoms with E-state index in [4.69, 9.17) is 5.26 Å². The standard InChI is InChI=1S/C8H10N2O/c9-4-6-2-1-5-3-7(11)10-8(5)6/h5-6,8H,1-3H2,(H,10,11)/t5-,6-,8+/m1/s1. The van der Waals surface area contributed by atoms with Gasteiger partial charge in [0, 0.05) is 12.5 Å². The highest BCUT2D eigenvalue weighted by molar-refractivity contribution is 5.79. The maximum Gasteiger partial charge on any atom is 0.220 e. The average molecular weight is 150 g/mol. The predicted molar refractivity (Wildman–Crippen MR) is 38.4 cm³/mol. The topological polar surface area (TPSA) is 52.9 Å². The maximum atomic E-state index is 10.9. The first-order valence-corrected chi connectivity index (χ1v) is 4.00. The van der Waals surface area contributed by atoms with Crippen LogP contribution in [0.5, 0.6) is 0 Å². The molecule has 0 aromatic heterocycles. The van der Waals surface area contributed by atoms with E-state index in [1.165, 1.54) is 0 Å². The van der Waals surface area contributed by atoms with Gasteiger partial charge in [0.05, 0.1) is 12.0 Å². The number of rotatable bonds is 0. The molecule has 2 rings (SSSR count). The summed E-state index contributed by atoms with van der Waals surface area (Å²) in [6.45, 7) is 0. The van der Waals surface area contributed by atoms with Crippen molar-refractivity contribution in [1.82, 2.24) is 5.32 Å². The Morgan fingerprint density at radius 3 is 3.09 bits per heavy atom. The van der Waals surface area contributed by atoms with Crippen molar-refractivity contribution in [3.8, 4) is 6.07 Å². The highest BCUT2D eigenvalue weighted by Crippen LogP contribution is 2.36. The van der Waals surface area contributed by atoms with E-state index in [1.807, 2.05) is 0 Å². The molecule has 0 aromatic rings. The molecule has 0 unspecified atom stereocenters. The molecule has 0 aromatic carbocycles. The van der Waals surface area contributed by atoms with Crippen LogP contribution in [0.15, 0.2) is 0 Å². The van der Waals surface area contributed by atoms with Crippen molar-refractivity contribution < 1.29 is 4.79 Å². The Morgan fingerprint density at radius 2 is 2.36 bits per heavy atom. The number of amides is 1. The second-order valence-electron chi connectivity index (χ2n) is 3.37. The van der Waals surface area contributed by atoms with Crippen LogP contribution in [0.3, 0.4) is 0 Å². The van der Waals surface area contributed by atoms with Crippen LogP contribution in [0.4, 0.5) is 0 Å². The van der Waals surface area contributed by atoms with Crippen LogP contribution >= 0.6 is 0 Å². The third-order valence-corrected chi connectivity index (χ3v) is 2.73. The lowest BCUT2D eigenvalue weighted by molar-refractivity contribution is -0.119. The first-order chi connectivity index (χ1) is 5.31. The first-order valence-electron chi connectivity index (χ1n) is 4.00. The fourth-order valence-electron chi connectivity index (χ4n) is 2.16. The van der Waals surface area contributed by atoms with E-state index in [-0.39, 0.29) is 17.9 Å². The van der Waals surface area contributed by atoms with E-state index in [1.54, 1.807) is 0 Å². The molecule has 3 nitrogen and oxygen atoms in total. The minimum absolute atomic E-state index is 0.0754. The minimum atomic E-state index is 0.0754. The van der Waals surface area contributed by atoms with Crippen molar-refractivity contribution in [3.63, 3.8) is 0 Å². The number of nitriles is 1. The number of nitrogens with one attached hydrogen (secondary N) is 1. The Hall–Kier alpha value is -1.04. The lowest BCUT2D eigenvalue weighted by Crippen LogP contribution is -2.31. The molecule has 1 aliphatic carbocycles. The Bertz CT molecular complexity index is 231. The Kier molecular flexibility index (Phi) is 1.35. The molecule has 11 heavy (non-hydrogen) atoms. The van der Waals surface area contributed by atoms with Gasteiger partial charge in [0.25, 0.3) is 0 Å². The van der Waals surface area contributed by atoms with Crippen LogP contribution in [0.25, 0.3) is 0 Å². The SMILES string of the molecule is N#C[C@H]1CC[C@@H]2CC(=O)N[C@@H]21. The number of carbonyl (C=O) groups excluding carboxylic acids is 1. The third kappa shape index (κ3) is 0.900. The fourth-order valence-corrected chi connectivity index (χ4v) is 2.16. The largest absolute Gasteiger partial charge is 0.352 e. The molecule has 1 saturated heterocycles. The highest BCUT2D eigenvalue weighted by atomic mass is 16.2. The van der Waals surface area contributed by atoms with Gasteiger partial charge >= 0.3 is 0 Å². The molecule has 1 heterocycles. The van der Waals surface area contributed by atoms with E-state index < -0.39 is 0 Å². The second-order valence-corrected chi connectivity index (χ2v) is 3.37. The summed E-state index contributed by atoms with van der Waals surface area (Å²) >= 11 is 0. The number of nitrogens with zero attached hydrogens (tertiary/aromatic N) is 1. The van der Waals surface area contributed by atoms with Crippen LogP contribution in [0, 0.1) is 23.2 Å². The molecular formula is C8H10N2O. The molecule has 3 atom stereocenters. The zero-order valence-corrected chi connectivity index (χ0v) is 6.21. The Balaban J connectivity index is 2.14. The summed E-state index contributed by atoms with van der Waals surface area (Å²) in [6.07, 6.45) is 2.65. The lowest BCUT2D eigenvalue weighted by atomic mass is 10.0. The van der Waals surface area contributed by atoms with Gasteiger partial charge in [-0.2, -0.15) is 5.26 Å². The summed E-state index contributed by atoms with van der Waals surface area (Å²) in [5, 5.41) is 11.6. The van der Waals surface area contributed by atoms with Crippen LogP contribution in [0.1, 0.15) is 19.3 Å². The molecule has 1 aliphatic heterocycles. The van der Waals surface area contributed by atoms with Gasteiger partial charge in [0.15, 0.2) is 0 Å². The van der Waals surface area contributed by atoms with E-state index in [2.05, 4.69) is 11.4 Å². The highest BCUT2D eigenvalue weighted by Gasteiger charge is 2.42. The average Bonchev–Trinajstić information content (AvgIpc) is 2.45. The Labute approximate surface area is 65.4 Å². The van der Waals surface area contributed by atoms with Crippen molar-refractivity contribution in [2.75, 3.05) is 0 Å². The minimum Gasteiger partial charge on any atom is -0.352 e. The zero-order valence-electron chi connectivity index (χ0n) is 6.21. The van der Waals surface area contributed by atoms with Gasteiger partial charge < -0.3 is 5.32 Å². The van der Waals surface area contributed by atoms with E-state index in [0.717, 1.165) is 12.8 Å². The molecule has 3 heteroatoms. The van der Waals surface area contributed by atoms with Gasteiger partial charge in [-0.1, -0.05) is 0 Å². The van der Waals surface area contributed by atoms with Crippen molar-refractivity contribution in [3.05, 3.63) is 0 Å². The molecule has 2 fully saturated rings. The molecule has 0 bridgehead atoms. The summed E-state index contributed by atoms with van der Waals surface area (Å²) in [5.41, 5.74) is 0. The van der Waals surface area contributed by atoms with Crippen LogP contribution in [-0.4, -0.2) is 11.9 Å². The molecule has 0 spiro atoms. The molecule has 58 valence electrons. The van der Waals surface area contributed by atoms with E-state index in [0.29, 0.717) is 12.3 Å². The maximum absolute atomic E-state index is 10.9. The van der Waals surface area contributed by atoms with Crippen LogP contribution in [0.2, 0.25) is 0 Å². The quantitative estimate of drug-likeness (QED) is 0.544. The number of hydrogen-bond acceptors (Lipinski definition) is 2. The second kappa shape index (κ2) is 2.23. The first kappa shape index (κ1) is 6.66. The van der Waals surface area contributed by atoms with Gasteiger partial charge in [-0.05, 0) is 18.8 Å².